The predicted octanol–water partition coefficient (Wildman–Crippen LogP) is 2.39. The molecule has 3 aromatic rings. The second kappa shape index (κ2) is 8.10. The van der Waals surface area contributed by atoms with E-state index >= 15 is 0 Å². The van der Waals surface area contributed by atoms with Crippen LogP contribution in [0, 0.1) is 6.92 Å². The third-order valence-corrected chi connectivity index (χ3v) is 5.52. The maximum absolute atomic E-state index is 12.9. The highest BCUT2D eigenvalue weighted by atomic mass is 16.2. The average Bonchev–Trinajstić information content (AvgIpc) is 3.57. The number of nitrogens with two attached hydrogens (primary N) is 1. The van der Waals surface area contributed by atoms with Gasteiger partial charge in [0, 0.05) is 31.1 Å². The molecule has 0 aliphatic heterocycles. The standard InChI is InChI=1S/C23H24N4O3/c1-15-3-2-4-19-21(15)25-14-26(23(19)30)12-11-20(28)27(18-9-10-18)13-16-5-7-17(8-6-16)22(24)29/h2-8,14,18H,9-13H2,1H3,(H2,24,29). The summed E-state index contributed by atoms with van der Waals surface area (Å²) in [5, 5.41) is 0.568. The molecule has 7 nitrogen and oxygen atoms in total. The molecule has 1 fully saturated rings. The first-order valence-electron chi connectivity index (χ1n) is 10.1. The molecule has 0 unspecified atom stereocenters. The van der Waals surface area contributed by atoms with E-state index in [1.807, 2.05) is 36.1 Å². The van der Waals surface area contributed by atoms with Crippen LogP contribution in [-0.4, -0.2) is 32.3 Å². The largest absolute Gasteiger partial charge is 0.366 e. The Labute approximate surface area is 174 Å². The van der Waals surface area contributed by atoms with Crippen LogP contribution in [0.15, 0.2) is 53.6 Å². The number of hydrogen-bond acceptors (Lipinski definition) is 4. The minimum Gasteiger partial charge on any atom is -0.366 e. The van der Waals surface area contributed by atoms with Crippen molar-refractivity contribution in [1.82, 2.24) is 14.5 Å². The quantitative estimate of drug-likeness (QED) is 0.654. The number of rotatable bonds is 7. The Kier molecular flexibility index (Phi) is 5.35. The highest BCUT2D eigenvalue weighted by molar-refractivity contribution is 5.92. The minimum atomic E-state index is -0.471. The molecule has 154 valence electrons. The van der Waals surface area contributed by atoms with Gasteiger partial charge in [-0.15, -0.1) is 0 Å². The highest BCUT2D eigenvalue weighted by Gasteiger charge is 2.32. The van der Waals surface area contributed by atoms with Crippen molar-refractivity contribution in [2.75, 3.05) is 0 Å². The lowest BCUT2D eigenvalue weighted by Crippen LogP contribution is -2.34. The zero-order valence-electron chi connectivity index (χ0n) is 16.9. The van der Waals surface area contributed by atoms with Crippen LogP contribution in [-0.2, 0) is 17.9 Å². The minimum absolute atomic E-state index is 0.00715. The van der Waals surface area contributed by atoms with Gasteiger partial charge < -0.3 is 10.6 Å². The van der Waals surface area contributed by atoms with Crippen molar-refractivity contribution in [1.29, 1.82) is 0 Å². The Hall–Kier alpha value is -3.48. The van der Waals surface area contributed by atoms with E-state index in [2.05, 4.69) is 4.98 Å². The zero-order valence-corrected chi connectivity index (χ0v) is 16.9. The second-order valence-corrected chi connectivity index (χ2v) is 7.78. The molecule has 1 heterocycles. The van der Waals surface area contributed by atoms with E-state index in [1.165, 1.54) is 10.9 Å². The van der Waals surface area contributed by atoms with Crippen LogP contribution >= 0.6 is 0 Å². The van der Waals surface area contributed by atoms with Crippen LogP contribution < -0.4 is 11.3 Å². The van der Waals surface area contributed by atoms with Gasteiger partial charge in [0.05, 0.1) is 17.2 Å². The third kappa shape index (κ3) is 4.10. The Balaban J connectivity index is 1.46. The number of primary amides is 1. The molecule has 0 saturated heterocycles. The number of amides is 2. The lowest BCUT2D eigenvalue weighted by atomic mass is 10.1. The van der Waals surface area contributed by atoms with Crippen LogP contribution in [0.4, 0.5) is 0 Å². The molecule has 1 aliphatic carbocycles. The Bertz CT molecular complexity index is 1160. The number of aromatic nitrogens is 2. The average molecular weight is 404 g/mol. The Morgan fingerprint density at radius 2 is 1.90 bits per heavy atom. The number of para-hydroxylation sites is 1. The molecule has 2 N–H and O–H groups in total. The molecule has 0 radical (unpaired) electrons. The molecule has 7 heteroatoms. The fourth-order valence-corrected chi connectivity index (χ4v) is 3.63. The number of nitrogens with zero attached hydrogens (tertiary/aromatic N) is 3. The Morgan fingerprint density at radius 1 is 1.17 bits per heavy atom. The number of benzene rings is 2. The van der Waals surface area contributed by atoms with Crippen molar-refractivity contribution < 1.29 is 9.59 Å². The van der Waals surface area contributed by atoms with Gasteiger partial charge in [0.1, 0.15) is 0 Å². The van der Waals surface area contributed by atoms with E-state index in [0.717, 1.165) is 24.0 Å². The third-order valence-electron chi connectivity index (χ3n) is 5.52. The van der Waals surface area contributed by atoms with Gasteiger partial charge in [-0.25, -0.2) is 4.98 Å². The first-order chi connectivity index (χ1) is 14.4. The van der Waals surface area contributed by atoms with E-state index in [-0.39, 0.29) is 23.9 Å². The van der Waals surface area contributed by atoms with Gasteiger partial charge in [0.2, 0.25) is 11.8 Å². The molecule has 30 heavy (non-hydrogen) atoms. The molecule has 1 saturated carbocycles. The monoisotopic (exact) mass is 404 g/mol. The van der Waals surface area contributed by atoms with Gasteiger partial charge in [-0.2, -0.15) is 0 Å². The lowest BCUT2D eigenvalue weighted by molar-refractivity contribution is -0.132. The lowest BCUT2D eigenvalue weighted by Gasteiger charge is -2.23. The van der Waals surface area contributed by atoms with E-state index in [0.29, 0.717) is 29.6 Å². The van der Waals surface area contributed by atoms with Gasteiger partial charge in [-0.05, 0) is 49.1 Å². The zero-order chi connectivity index (χ0) is 21.3. The van der Waals surface area contributed by atoms with Crippen molar-refractivity contribution in [3.63, 3.8) is 0 Å². The summed E-state index contributed by atoms with van der Waals surface area (Å²) in [5.41, 5.74) is 8.20. The summed E-state index contributed by atoms with van der Waals surface area (Å²) in [6.45, 7) is 2.69. The molecule has 0 bridgehead atoms. The van der Waals surface area contributed by atoms with Crippen molar-refractivity contribution in [3.8, 4) is 0 Å². The van der Waals surface area contributed by atoms with Crippen LogP contribution in [0.5, 0.6) is 0 Å². The van der Waals surface area contributed by atoms with E-state index in [4.69, 9.17) is 5.73 Å². The van der Waals surface area contributed by atoms with E-state index in [9.17, 15) is 14.4 Å². The highest BCUT2D eigenvalue weighted by Crippen LogP contribution is 2.29. The van der Waals surface area contributed by atoms with Crippen LogP contribution in [0.3, 0.4) is 0 Å². The van der Waals surface area contributed by atoms with Crippen molar-refractivity contribution in [3.05, 3.63) is 75.8 Å². The van der Waals surface area contributed by atoms with Crippen LogP contribution in [0.1, 0.15) is 40.7 Å². The SMILES string of the molecule is Cc1cccc2c(=O)n(CCC(=O)N(Cc3ccc(C(N)=O)cc3)C3CC3)cnc12. The van der Waals surface area contributed by atoms with Gasteiger partial charge in [-0.1, -0.05) is 24.3 Å². The second-order valence-electron chi connectivity index (χ2n) is 7.78. The summed E-state index contributed by atoms with van der Waals surface area (Å²) in [6.07, 6.45) is 3.73. The van der Waals surface area contributed by atoms with Crippen molar-refractivity contribution >= 4 is 22.7 Å². The van der Waals surface area contributed by atoms with Crippen LogP contribution in [0.25, 0.3) is 10.9 Å². The van der Waals surface area contributed by atoms with Gasteiger partial charge in [-0.3, -0.25) is 19.0 Å². The smallest absolute Gasteiger partial charge is 0.261 e. The summed E-state index contributed by atoms with van der Waals surface area (Å²) in [6, 6.07) is 12.8. The number of aryl methyl sites for hydroxylation is 2. The number of carbonyl (C=O) groups is 2. The molecule has 1 aromatic heterocycles. The molecular weight excluding hydrogens is 380 g/mol. The van der Waals surface area contributed by atoms with E-state index < -0.39 is 5.91 Å². The fraction of sp³-hybridized carbons (Fsp3) is 0.304. The maximum Gasteiger partial charge on any atom is 0.261 e. The first kappa shape index (κ1) is 19.8. The first-order valence-corrected chi connectivity index (χ1v) is 10.1. The summed E-state index contributed by atoms with van der Waals surface area (Å²) in [4.78, 5) is 43.2. The molecule has 1 aliphatic rings. The molecule has 0 atom stereocenters. The fourth-order valence-electron chi connectivity index (χ4n) is 3.63. The predicted molar refractivity (Wildman–Crippen MR) is 114 cm³/mol. The van der Waals surface area contributed by atoms with Gasteiger partial charge in [0.25, 0.3) is 5.56 Å². The normalized spacial score (nSPS) is 13.4. The van der Waals surface area contributed by atoms with E-state index in [1.54, 1.807) is 18.2 Å². The summed E-state index contributed by atoms with van der Waals surface area (Å²) in [5.74, 6) is -0.464. The topological polar surface area (TPSA) is 98.3 Å². The summed E-state index contributed by atoms with van der Waals surface area (Å²) < 4.78 is 1.51. The van der Waals surface area contributed by atoms with Gasteiger partial charge in [0.15, 0.2) is 0 Å². The number of fused-ring (bicyclic) bond motifs is 1. The van der Waals surface area contributed by atoms with Crippen molar-refractivity contribution in [2.24, 2.45) is 5.73 Å². The van der Waals surface area contributed by atoms with Crippen molar-refractivity contribution in [2.45, 2.75) is 45.3 Å². The number of carbonyl (C=O) groups excluding carboxylic acids is 2. The Morgan fingerprint density at radius 3 is 2.57 bits per heavy atom. The maximum atomic E-state index is 12.9. The van der Waals surface area contributed by atoms with Gasteiger partial charge >= 0.3 is 0 Å². The van der Waals surface area contributed by atoms with Crippen LogP contribution in [0.2, 0.25) is 0 Å². The molecular formula is C23H24N4O3. The molecule has 2 amide bonds. The number of hydrogen-bond donors (Lipinski definition) is 1. The molecule has 2 aromatic carbocycles. The molecule has 0 spiro atoms. The summed E-state index contributed by atoms with van der Waals surface area (Å²) in [7, 11) is 0. The molecule has 4 rings (SSSR count). The summed E-state index contributed by atoms with van der Waals surface area (Å²) >= 11 is 0.